The molecule has 0 spiro atoms. The topological polar surface area (TPSA) is 57.6 Å². The number of halogens is 1. The standard InChI is InChI=1S/C6H12ClNO3S/c1-2-3-8(4-5-9)12(10,11)6-7/h2,9H,1,3-6H2. The average Bonchev–Trinajstić information content (AvgIpc) is 2.04. The van der Waals surface area contributed by atoms with Crippen molar-refractivity contribution in [3.05, 3.63) is 12.7 Å². The van der Waals surface area contributed by atoms with Crippen molar-refractivity contribution in [3.8, 4) is 0 Å². The minimum Gasteiger partial charge on any atom is -0.395 e. The van der Waals surface area contributed by atoms with Crippen molar-refractivity contribution in [2.24, 2.45) is 0 Å². The molecule has 1 N–H and O–H groups in total. The molecule has 0 amide bonds. The molecule has 12 heavy (non-hydrogen) atoms. The van der Waals surface area contributed by atoms with Crippen LogP contribution < -0.4 is 0 Å². The first-order chi connectivity index (χ1) is 5.58. The Labute approximate surface area is 77.5 Å². The van der Waals surface area contributed by atoms with Gasteiger partial charge in [0.2, 0.25) is 10.0 Å². The highest BCUT2D eigenvalue weighted by Gasteiger charge is 2.18. The molecule has 0 aromatic rings. The normalized spacial score (nSPS) is 11.9. The third-order valence-corrected chi connectivity index (χ3v) is 3.43. The maximum atomic E-state index is 11.1. The van der Waals surface area contributed by atoms with Gasteiger partial charge in [0.15, 0.2) is 0 Å². The molecular formula is C6H12ClNO3S. The summed E-state index contributed by atoms with van der Waals surface area (Å²) in [6.45, 7) is 3.41. The summed E-state index contributed by atoms with van der Waals surface area (Å²) in [5.41, 5.74) is 0. The van der Waals surface area contributed by atoms with Crippen LogP contribution in [0.3, 0.4) is 0 Å². The lowest BCUT2D eigenvalue weighted by Crippen LogP contribution is -2.34. The number of rotatable bonds is 6. The fraction of sp³-hybridized carbons (Fsp3) is 0.667. The lowest BCUT2D eigenvalue weighted by atomic mass is 10.6. The van der Waals surface area contributed by atoms with Crippen molar-refractivity contribution in [1.82, 2.24) is 4.31 Å². The molecule has 0 saturated heterocycles. The third-order valence-electron chi connectivity index (χ3n) is 1.21. The van der Waals surface area contributed by atoms with Gasteiger partial charge >= 0.3 is 0 Å². The maximum Gasteiger partial charge on any atom is 0.228 e. The van der Waals surface area contributed by atoms with Crippen molar-refractivity contribution in [2.75, 3.05) is 24.9 Å². The molecule has 0 saturated carbocycles. The molecular weight excluding hydrogens is 202 g/mol. The highest BCUT2D eigenvalue weighted by molar-refractivity contribution is 7.90. The molecule has 0 bridgehead atoms. The molecule has 0 aromatic carbocycles. The first-order valence-corrected chi connectivity index (χ1v) is 5.48. The zero-order chi connectivity index (χ0) is 9.61. The molecule has 72 valence electrons. The van der Waals surface area contributed by atoms with Crippen molar-refractivity contribution in [1.29, 1.82) is 0 Å². The van der Waals surface area contributed by atoms with Gasteiger partial charge in [-0.05, 0) is 0 Å². The van der Waals surface area contributed by atoms with Crippen LogP contribution in [0.25, 0.3) is 0 Å². The summed E-state index contributed by atoms with van der Waals surface area (Å²) in [5.74, 6) is 0. The second-order valence-electron chi connectivity index (χ2n) is 2.09. The monoisotopic (exact) mass is 213 g/mol. The van der Waals surface area contributed by atoms with Gasteiger partial charge in [-0.15, -0.1) is 18.2 Å². The molecule has 0 aliphatic carbocycles. The Bertz CT molecular complexity index is 227. The van der Waals surface area contributed by atoms with E-state index in [4.69, 9.17) is 16.7 Å². The van der Waals surface area contributed by atoms with Crippen molar-refractivity contribution in [3.63, 3.8) is 0 Å². The quantitative estimate of drug-likeness (QED) is 0.499. The molecule has 0 atom stereocenters. The van der Waals surface area contributed by atoms with E-state index in [0.29, 0.717) is 0 Å². The largest absolute Gasteiger partial charge is 0.395 e. The van der Waals surface area contributed by atoms with Gasteiger partial charge < -0.3 is 5.11 Å². The summed E-state index contributed by atoms with van der Waals surface area (Å²) < 4.78 is 23.3. The molecule has 0 rings (SSSR count). The number of sulfonamides is 1. The van der Waals surface area contributed by atoms with E-state index in [1.807, 2.05) is 0 Å². The van der Waals surface area contributed by atoms with E-state index in [9.17, 15) is 8.42 Å². The van der Waals surface area contributed by atoms with Gasteiger partial charge in [-0.3, -0.25) is 0 Å². The summed E-state index contributed by atoms with van der Waals surface area (Å²) in [6, 6.07) is 0. The van der Waals surface area contributed by atoms with Gasteiger partial charge in [-0.25, -0.2) is 8.42 Å². The third kappa shape index (κ3) is 3.53. The zero-order valence-corrected chi connectivity index (χ0v) is 8.18. The molecule has 0 aromatic heterocycles. The Kier molecular flexibility index (Phi) is 5.48. The Morgan fingerprint density at radius 2 is 2.17 bits per heavy atom. The van der Waals surface area contributed by atoms with E-state index < -0.39 is 15.2 Å². The summed E-state index contributed by atoms with van der Waals surface area (Å²) in [4.78, 5) is 0. The zero-order valence-electron chi connectivity index (χ0n) is 6.61. The fourth-order valence-corrected chi connectivity index (χ4v) is 1.91. The van der Waals surface area contributed by atoms with E-state index in [-0.39, 0.29) is 19.7 Å². The Balaban J connectivity index is 4.38. The van der Waals surface area contributed by atoms with Crippen LogP contribution in [0, 0.1) is 0 Å². The highest BCUT2D eigenvalue weighted by atomic mass is 35.5. The smallest absolute Gasteiger partial charge is 0.228 e. The van der Waals surface area contributed by atoms with E-state index in [0.717, 1.165) is 4.31 Å². The van der Waals surface area contributed by atoms with Crippen LogP contribution in [0.4, 0.5) is 0 Å². The first-order valence-electron chi connectivity index (χ1n) is 3.34. The van der Waals surface area contributed by atoms with E-state index in [1.54, 1.807) is 0 Å². The van der Waals surface area contributed by atoms with Gasteiger partial charge in [0.25, 0.3) is 0 Å². The molecule has 0 radical (unpaired) electrons. The van der Waals surface area contributed by atoms with Crippen LogP contribution in [0.5, 0.6) is 0 Å². The number of hydrogen-bond donors (Lipinski definition) is 1. The average molecular weight is 214 g/mol. The number of alkyl halides is 1. The van der Waals surface area contributed by atoms with Gasteiger partial charge in [-0.2, -0.15) is 4.31 Å². The molecule has 4 nitrogen and oxygen atoms in total. The lowest BCUT2D eigenvalue weighted by molar-refractivity contribution is 0.260. The van der Waals surface area contributed by atoms with Crippen molar-refractivity contribution < 1.29 is 13.5 Å². The lowest BCUT2D eigenvalue weighted by Gasteiger charge is -2.17. The maximum absolute atomic E-state index is 11.1. The van der Waals surface area contributed by atoms with Crippen molar-refractivity contribution >= 4 is 21.6 Å². The molecule has 6 heteroatoms. The molecule has 0 unspecified atom stereocenters. The SMILES string of the molecule is C=CCN(CCO)S(=O)(=O)CCl. The van der Waals surface area contributed by atoms with Crippen LogP contribution >= 0.6 is 11.6 Å². The Morgan fingerprint density at radius 1 is 1.58 bits per heavy atom. The minimum atomic E-state index is -3.42. The van der Waals surface area contributed by atoms with Crippen molar-refractivity contribution in [2.45, 2.75) is 0 Å². The number of aliphatic hydroxyl groups excluding tert-OH is 1. The van der Waals surface area contributed by atoms with Gasteiger partial charge in [0.05, 0.1) is 6.61 Å². The number of hydrogen-bond acceptors (Lipinski definition) is 3. The van der Waals surface area contributed by atoms with Gasteiger partial charge in [-0.1, -0.05) is 6.08 Å². The van der Waals surface area contributed by atoms with Crippen LogP contribution in [0.15, 0.2) is 12.7 Å². The van der Waals surface area contributed by atoms with Crippen LogP contribution in [0.1, 0.15) is 0 Å². The van der Waals surface area contributed by atoms with Crippen LogP contribution in [-0.2, 0) is 10.0 Å². The Morgan fingerprint density at radius 3 is 2.50 bits per heavy atom. The fourth-order valence-electron chi connectivity index (χ4n) is 0.668. The molecule has 0 heterocycles. The minimum absolute atomic E-state index is 0.0566. The van der Waals surface area contributed by atoms with E-state index in [1.165, 1.54) is 6.08 Å². The summed E-state index contributed by atoms with van der Waals surface area (Å²) in [7, 11) is -3.42. The molecule has 0 aliphatic rings. The van der Waals surface area contributed by atoms with Gasteiger partial charge in [0.1, 0.15) is 5.21 Å². The van der Waals surface area contributed by atoms with E-state index >= 15 is 0 Å². The number of aliphatic hydroxyl groups is 1. The predicted molar refractivity (Wildman–Crippen MR) is 48.5 cm³/mol. The second kappa shape index (κ2) is 5.53. The Hall–Kier alpha value is -0.100. The predicted octanol–water partition coefficient (Wildman–Crippen LogP) is -0.00720. The second-order valence-corrected chi connectivity index (χ2v) is 4.64. The molecule has 0 fully saturated rings. The summed E-state index contributed by atoms with van der Waals surface area (Å²) in [6.07, 6.45) is 1.44. The number of nitrogens with zero attached hydrogens (tertiary/aromatic N) is 1. The highest BCUT2D eigenvalue weighted by Crippen LogP contribution is 2.02. The van der Waals surface area contributed by atoms with Gasteiger partial charge in [0, 0.05) is 13.1 Å². The molecule has 0 aliphatic heterocycles. The van der Waals surface area contributed by atoms with Crippen LogP contribution in [0.2, 0.25) is 0 Å². The van der Waals surface area contributed by atoms with Crippen LogP contribution in [-0.4, -0.2) is 42.7 Å². The summed E-state index contributed by atoms with van der Waals surface area (Å²) >= 11 is 5.21. The first kappa shape index (κ1) is 11.9. The summed E-state index contributed by atoms with van der Waals surface area (Å²) in [5, 5.41) is 8.07. The van der Waals surface area contributed by atoms with E-state index in [2.05, 4.69) is 6.58 Å².